The van der Waals surface area contributed by atoms with Gasteiger partial charge >= 0.3 is 0 Å². The molecule has 0 fully saturated rings. The number of aromatic nitrogens is 3. The zero-order chi connectivity index (χ0) is 17.6. The number of oxazole rings is 1. The van der Waals surface area contributed by atoms with E-state index in [1.54, 1.807) is 24.0 Å². The Bertz CT molecular complexity index is 957. The zero-order valence-corrected chi connectivity index (χ0v) is 14.3. The highest BCUT2D eigenvalue weighted by molar-refractivity contribution is 5.97. The van der Waals surface area contributed by atoms with Crippen LogP contribution in [0.2, 0.25) is 0 Å². The maximum atomic E-state index is 12.9. The number of amides is 1. The summed E-state index contributed by atoms with van der Waals surface area (Å²) in [6.45, 7) is 5.57. The number of hydrogen-bond donors (Lipinski definition) is 1. The topological polar surface area (TPSA) is 84.4 Å². The number of benzene rings is 1. The fraction of sp³-hybridized carbons (Fsp3) is 0.389. The molecule has 2 aromatic heterocycles. The summed E-state index contributed by atoms with van der Waals surface area (Å²) in [5.41, 5.74) is 4.71. The fourth-order valence-corrected chi connectivity index (χ4v) is 3.48. The van der Waals surface area contributed by atoms with Crippen LogP contribution in [0.3, 0.4) is 0 Å². The van der Waals surface area contributed by atoms with Gasteiger partial charge in [-0.15, -0.1) is 0 Å². The van der Waals surface area contributed by atoms with Crippen LogP contribution >= 0.6 is 0 Å². The summed E-state index contributed by atoms with van der Waals surface area (Å²) >= 11 is 0. The number of fused-ring (bicyclic) bond motifs is 2. The van der Waals surface area contributed by atoms with Gasteiger partial charge in [0.25, 0.3) is 5.91 Å². The maximum Gasteiger partial charge on any atom is 0.254 e. The van der Waals surface area contributed by atoms with Gasteiger partial charge in [-0.3, -0.25) is 9.48 Å². The molecule has 0 spiro atoms. The third-order valence-electron chi connectivity index (χ3n) is 4.70. The standard InChI is InChI=1S/C18H20N4O3/c1-3-22-16-6-7-21(9-13(16)15(10-23)20-22)18(24)12-4-5-14-17(8-12)25-11(2)19-14/h4-5,8,23H,3,6-7,9-10H2,1-2H3. The van der Waals surface area contributed by atoms with Gasteiger partial charge in [-0.05, 0) is 25.1 Å². The van der Waals surface area contributed by atoms with Crippen LogP contribution in [0.5, 0.6) is 0 Å². The number of nitrogens with zero attached hydrogens (tertiary/aromatic N) is 4. The summed E-state index contributed by atoms with van der Waals surface area (Å²) in [5.74, 6) is 0.538. The van der Waals surface area contributed by atoms with Crippen LogP contribution < -0.4 is 0 Å². The summed E-state index contributed by atoms with van der Waals surface area (Å²) < 4.78 is 7.45. The van der Waals surface area contributed by atoms with Crippen LogP contribution in [0.4, 0.5) is 0 Å². The molecular weight excluding hydrogens is 320 g/mol. The monoisotopic (exact) mass is 340 g/mol. The van der Waals surface area contributed by atoms with Crippen molar-refractivity contribution in [3.63, 3.8) is 0 Å². The number of aliphatic hydroxyl groups is 1. The molecule has 0 unspecified atom stereocenters. The number of hydrogen-bond acceptors (Lipinski definition) is 5. The lowest BCUT2D eigenvalue weighted by atomic mass is 10.0. The minimum Gasteiger partial charge on any atom is -0.441 e. The molecule has 3 heterocycles. The van der Waals surface area contributed by atoms with Gasteiger partial charge in [-0.1, -0.05) is 0 Å². The largest absolute Gasteiger partial charge is 0.441 e. The van der Waals surface area contributed by atoms with Crippen molar-refractivity contribution < 1.29 is 14.3 Å². The Morgan fingerprint density at radius 1 is 1.40 bits per heavy atom. The second-order valence-electron chi connectivity index (χ2n) is 6.24. The Kier molecular flexibility index (Phi) is 3.80. The van der Waals surface area contributed by atoms with Crippen LogP contribution in [0.1, 0.15) is 40.1 Å². The van der Waals surface area contributed by atoms with Crippen LogP contribution in [0, 0.1) is 6.92 Å². The van der Waals surface area contributed by atoms with Gasteiger partial charge in [0.15, 0.2) is 11.5 Å². The van der Waals surface area contributed by atoms with Gasteiger partial charge in [0.05, 0.1) is 12.3 Å². The van der Waals surface area contributed by atoms with E-state index in [2.05, 4.69) is 10.1 Å². The first kappa shape index (κ1) is 15.8. The van der Waals surface area contributed by atoms with Crippen LogP contribution in [-0.2, 0) is 26.1 Å². The van der Waals surface area contributed by atoms with Crippen molar-refractivity contribution in [2.75, 3.05) is 6.54 Å². The lowest BCUT2D eigenvalue weighted by molar-refractivity contribution is 0.0732. The van der Waals surface area contributed by atoms with E-state index < -0.39 is 0 Å². The van der Waals surface area contributed by atoms with Gasteiger partial charge in [0, 0.05) is 49.8 Å². The third-order valence-corrected chi connectivity index (χ3v) is 4.70. The molecule has 25 heavy (non-hydrogen) atoms. The Balaban J connectivity index is 1.63. The predicted octanol–water partition coefficient (Wildman–Crippen LogP) is 2.04. The van der Waals surface area contributed by atoms with Crippen molar-refractivity contribution in [3.05, 3.63) is 46.6 Å². The summed E-state index contributed by atoms with van der Waals surface area (Å²) in [5, 5.41) is 14.0. The maximum absolute atomic E-state index is 12.9. The molecule has 0 saturated heterocycles. The van der Waals surface area contributed by atoms with Gasteiger partial charge < -0.3 is 14.4 Å². The first-order chi connectivity index (χ1) is 12.1. The molecule has 130 valence electrons. The van der Waals surface area contributed by atoms with Gasteiger partial charge in [0.2, 0.25) is 0 Å². The summed E-state index contributed by atoms with van der Waals surface area (Å²) in [6, 6.07) is 5.34. The number of aliphatic hydroxyl groups excluding tert-OH is 1. The van der Waals surface area contributed by atoms with Crippen LogP contribution in [0.25, 0.3) is 11.1 Å². The quantitative estimate of drug-likeness (QED) is 0.789. The minimum atomic E-state index is -0.110. The molecular formula is C18H20N4O3. The first-order valence-corrected chi connectivity index (χ1v) is 8.45. The summed E-state index contributed by atoms with van der Waals surface area (Å²) in [7, 11) is 0. The molecule has 7 nitrogen and oxygen atoms in total. The van der Waals surface area contributed by atoms with Gasteiger partial charge in [0.1, 0.15) is 5.52 Å². The van der Waals surface area contributed by atoms with Crippen molar-refractivity contribution in [1.29, 1.82) is 0 Å². The van der Waals surface area contributed by atoms with Crippen molar-refractivity contribution in [2.24, 2.45) is 0 Å². The third kappa shape index (κ3) is 2.60. The van der Waals surface area contributed by atoms with Crippen LogP contribution in [0.15, 0.2) is 22.6 Å². The molecule has 1 aliphatic heterocycles. The van der Waals surface area contributed by atoms with E-state index >= 15 is 0 Å². The Labute approximate surface area is 144 Å². The Morgan fingerprint density at radius 3 is 3.00 bits per heavy atom. The molecule has 1 amide bonds. The van der Waals surface area contributed by atoms with E-state index in [0.717, 1.165) is 29.7 Å². The van der Waals surface area contributed by atoms with Crippen molar-refractivity contribution in [2.45, 2.75) is 40.0 Å². The molecule has 3 aromatic rings. The molecule has 1 aliphatic rings. The number of carbonyl (C=O) groups excluding carboxylic acids is 1. The average Bonchev–Trinajstić information content (AvgIpc) is 3.18. The SMILES string of the molecule is CCn1nc(CO)c2c1CCN(C(=O)c1ccc3nc(C)oc3c1)C2. The summed E-state index contributed by atoms with van der Waals surface area (Å²) in [6.07, 6.45) is 0.742. The Morgan fingerprint density at radius 2 is 2.24 bits per heavy atom. The van der Waals surface area contributed by atoms with Crippen molar-refractivity contribution >= 4 is 17.0 Å². The van der Waals surface area contributed by atoms with E-state index in [9.17, 15) is 9.90 Å². The zero-order valence-electron chi connectivity index (χ0n) is 14.3. The van der Waals surface area contributed by atoms with Gasteiger partial charge in [-0.25, -0.2) is 4.98 Å². The number of carbonyl (C=O) groups is 1. The molecule has 1 aromatic carbocycles. The highest BCUT2D eigenvalue weighted by Gasteiger charge is 2.27. The van der Waals surface area contributed by atoms with E-state index in [0.29, 0.717) is 35.8 Å². The molecule has 7 heteroatoms. The predicted molar refractivity (Wildman–Crippen MR) is 91.0 cm³/mol. The molecule has 0 radical (unpaired) electrons. The summed E-state index contributed by atoms with van der Waals surface area (Å²) in [4.78, 5) is 19.0. The van der Waals surface area contributed by atoms with Crippen molar-refractivity contribution in [3.8, 4) is 0 Å². The average molecular weight is 340 g/mol. The molecule has 4 rings (SSSR count). The Hall–Kier alpha value is -2.67. The molecule has 0 saturated carbocycles. The molecule has 0 aliphatic carbocycles. The van der Waals surface area contributed by atoms with E-state index in [-0.39, 0.29) is 12.5 Å². The molecule has 1 N–H and O–H groups in total. The highest BCUT2D eigenvalue weighted by atomic mass is 16.3. The smallest absolute Gasteiger partial charge is 0.254 e. The van der Waals surface area contributed by atoms with E-state index in [4.69, 9.17) is 4.42 Å². The van der Waals surface area contributed by atoms with E-state index in [1.807, 2.05) is 17.7 Å². The fourth-order valence-electron chi connectivity index (χ4n) is 3.48. The number of rotatable bonds is 3. The first-order valence-electron chi connectivity index (χ1n) is 8.45. The normalized spacial score (nSPS) is 14.1. The second-order valence-corrected chi connectivity index (χ2v) is 6.24. The molecule has 0 atom stereocenters. The van der Waals surface area contributed by atoms with Crippen molar-refractivity contribution in [1.82, 2.24) is 19.7 Å². The van der Waals surface area contributed by atoms with E-state index in [1.165, 1.54) is 0 Å². The lowest BCUT2D eigenvalue weighted by Crippen LogP contribution is -2.36. The van der Waals surface area contributed by atoms with Crippen LogP contribution in [-0.4, -0.2) is 37.2 Å². The molecule has 0 bridgehead atoms. The number of aryl methyl sites for hydroxylation is 2. The second kappa shape index (κ2) is 6.00. The van der Waals surface area contributed by atoms with Gasteiger partial charge in [-0.2, -0.15) is 5.10 Å². The minimum absolute atomic E-state index is 0.0465. The highest BCUT2D eigenvalue weighted by Crippen LogP contribution is 2.25. The lowest BCUT2D eigenvalue weighted by Gasteiger charge is -2.28.